The van der Waals surface area contributed by atoms with E-state index in [1.807, 2.05) is 18.5 Å². The molecule has 0 aliphatic rings. The van der Waals surface area contributed by atoms with E-state index in [-0.39, 0.29) is 7.43 Å². The maximum Gasteiger partial charge on any atom is 0.0299 e. The second-order valence-corrected chi connectivity index (χ2v) is 4.36. The summed E-state index contributed by atoms with van der Waals surface area (Å²) in [5, 5.41) is 1.15. The molecule has 0 amide bonds. The minimum Gasteiger partial charge on any atom is -0.264 e. The molecule has 0 atom stereocenters. The van der Waals surface area contributed by atoms with Gasteiger partial charge in [-0.15, -0.1) is 0 Å². The van der Waals surface area contributed by atoms with E-state index in [1.165, 1.54) is 44.1 Å². The van der Waals surface area contributed by atoms with Crippen LogP contribution in [0.1, 0.15) is 45.1 Å². The van der Waals surface area contributed by atoms with Crippen molar-refractivity contribution in [3.8, 4) is 0 Å². The summed E-state index contributed by atoms with van der Waals surface area (Å²) in [6, 6.07) is 4.17. The molecule has 1 rings (SSSR count). The van der Waals surface area contributed by atoms with Crippen molar-refractivity contribution in [1.82, 2.24) is 4.98 Å². The van der Waals surface area contributed by atoms with E-state index in [2.05, 4.69) is 27.0 Å². The van der Waals surface area contributed by atoms with Crippen LogP contribution in [0.2, 0.25) is 0 Å². The summed E-state index contributed by atoms with van der Waals surface area (Å²) in [4.78, 5) is 4.11. The molecule has 1 aromatic rings. The number of halogens is 1. The van der Waals surface area contributed by atoms with Crippen molar-refractivity contribution in [2.75, 3.05) is 5.33 Å². The quantitative estimate of drug-likeness (QED) is 0.522. The van der Waals surface area contributed by atoms with Crippen molar-refractivity contribution >= 4 is 15.9 Å². The van der Waals surface area contributed by atoms with Crippen LogP contribution in [-0.2, 0) is 6.42 Å². The van der Waals surface area contributed by atoms with Crippen molar-refractivity contribution in [2.24, 2.45) is 0 Å². The van der Waals surface area contributed by atoms with Gasteiger partial charge >= 0.3 is 0 Å². The Kier molecular flexibility index (Phi) is 9.91. The molecule has 0 bridgehead atoms. The summed E-state index contributed by atoms with van der Waals surface area (Å²) in [5.74, 6) is 0. The SMILES string of the molecule is BrCCCCCCCc1cccnc1.C. The highest BCUT2D eigenvalue weighted by Gasteiger charge is 1.93. The third-order valence-electron chi connectivity index (χ3n) is 2.32. The smallest absolute Gasteiger partial charge is 0.0299 e. The zero-order valence-electron chi connectivity index (χ0n) is 8.58. The number of hydrogen-bond acceptors (Lipinski definition) is 1. The number of hydrogen-bond donors (Lipinski definition) is 0. The molecular weight excluding hydrogens is 250 g/mol. The van der Waals surface area contributed by atoms with Gasteiger partial charge in [-0.2, -0.15) is 0 Å². The Bertz CT molecular complexity index is 223. The highest BCUT2D eigenvalue weighted by molar-refractivity contribution is 9.09. The first kappa shape index (κ1) is 14.6. The molecule has 1 aromatic heterocycles. The van der Waals surface area contributed by atoms with Crippen molar-refractivity contribution in [2.45, 2.75) is 46.0 Å². The summed E-state index contributed by atoms with van der Waals surface area (Å²) in [7, 11) is 0. The van der Waals surface area contributed by atoms with E-state index >= 15 is 0 Å². The molecule has 0 unspecified atom stereocenters. The molecule has 0 aromatic carbocycles. The van der Waals surface area contributed by atoms with E-state index in [0.29, 0.717) is 0 Å². The van der Waals surface area contributed by atoms with Gasteiger partial charge in [-0.1, -0.05) is 48.7 Å². The summed E-state index contributed by atoms with van der Waals surface area (Å²) >= 11 is 3.45. The molecule has 1 nitrogen and oxygen atoms in total. The van der Waals surface area contributed by atoms with Crippen LogP contribution in [0.15, 0.2) is 24.5 Å². The van der Waals surface area contributed by atoms with Gasteiger partial charge in [0.15, 0.2) is 0 Å². The third-order valence-corrected chi connectivity index (χ3v) is 2.88. The van der Waals surface area contributed by atoms with Crippen LogP contribution < -0.4 is 0 Å². The predicted molar refractivity (Wildman–Crippen MR) is 71.6 cm³/mol. The molecule has 0 saturated carbocycles. The lowest BCUT2D eigenvalue weighted by Crippen LogP contribution is -1.87. The molecule has 86 valence electrons. The van der Waals surface area contributed by atoms with E-state index in [9.17, 15) is 0 Å². The van der Waals surface area contributed by atoms with E-state index in [0.717, 1.165) is 5.33 Å². The Morgan fingerprint density at radius 1 is 1.07 bits per heavy atom. The number of nitrogens with zero attached hydrogens (tertiary/aromatic N) is 1. The standard InChI is InChI=1S/C12H18BrN.CH4/c13-9-5-3-1-2-4-7-12-8-6-10-14-11-12;/h6,8,10-11H,1-5,7,9H2;1H4. The lowest BCUT2D eigenvalue weighted by atomic mass is 10.1. The molecule has 0 spiro atoms. The number of unbranched alkanes of at least 4 members (excludes halogenated alkanes) is 4. The van der Waals surface area contributed by atoms with Gasteiger partial charge in [0.1, 0.15) is 0 Å². The monoisotopic (exact) mass is 271 g/mol. The fourth-order valence-corrected chi connectivity index (χ4v) is 1.90. The highest BCUT2D eigenvalue weighted by Crippen LogP contribution is 2.08. The Morgan fingerprint density at radius 3 is 2.47 bits per heavy atom. The molecular formula is C13H22BrN. The minimum absolute atomic E-state index is 0. The van der Waals surface area contributed by atoms with E-state index in [4.69, 9.17) is 0 Å². The zero-order chi connectivity index (χ0) is 10.1. The topological polar surface area (TPSA) is 12.9 Å². The van der Waals surface area contributed by atoms with Gasteiger partial charge in [0.05, 0.1) is 0 Å². The summed E-state index contributed by atoms with van der Waals surface area (Å²) in [5.41, 5.74) is 1.37. The molecule has 0 saturated heterocycles. The molecule has 2 heteroatoms. The molecule has 0 fully saturated rings. The van der Waals surface area contributed by atoms with Crippen molar-refractivity contribution in [3.63, 3.8) is 0 Å². The number of aromatic nitrogens is 1. The van der Waals surface area contributed by atoms with Crippen LogP contribution >= 0.6 is 15.9 Å². The maximum atomic E-state index is 4.11. The van der Waals surface area contributed by atoms with Gasteiger partial charge in [-0.25, -0.2) is 0 Å². The Morgan fingerprint density at radius 2 is 1.80 bits per heavy atom. The van der Waals surface area contributed by atoms with Crippen molar-refractivity contribution in [1.29, 1.82) is 0 Å². The third kappa shape index (κ3) is 7.55. The van der Waals surface area contributed by atoms with Gasteiger partial charge in [-0.05, 0) is 30.9 Å². The number of rotatable bonds is 7. The van der Waals surface area contributed by atoms with Gasteiger partial charge in [0.2, 0.25) is 0 Å². The normalized spacial score (nSPS) is 9.67. The van der Waals surface area contributed by atoms with Gasteiger partial charge in [0, 0.05) is 17.7 Å². The molecule has 0 aliphatic heterocycles. The van der Waals surface area contributed by atoms with Gasteiger partial charge in [-0.3, -0.25) is 4.98 Å². The van der Waals surface area contributed by atoms with Crippen LogP contribution in [0, 0.1) is 0 Å². The molecule has 0 radical (unpaired) electrons. The lowest BCUT2D eigenvalue weighted by molar-refractivity contribution is 0.635. The number of pyridine rings is 1. The Balaban J connectivity index is 0.00000196. The first-order valence-corrected chi connectivity index (χ1v) is 6.50. The second-order valence-electron chi connectivity index (χ2n) is 3.57. The number of aryl methyl sites for hydroxylation is 1. The van der Waals surface area contributed by atoms with Crippen LogP contribution in [0.3, 0.4) is 0 Å². The van der Waals surface area contributed by atoms with Crippen LogP contribution in [0.25, 0.3) is 0 Å². The van der Waals surface area contributed by atoms with Crippen LogP contribution in [-0.4, -0.2) is 10.3 Å². The average Bonchev–Trinajstić information content (AvgIpc) is 2.25. The summed E-state index contributed by atoms with van der Waals surface area (Å²) in [6.07, 6.45) is 11.7. The first-order chi connectivity index (χ1) is 6.93. The fraction of sp³-hybridized carbons (Fsp3) is 0.615. The lowest BCUT2D eigenvalue weighted by Gasteiger charge is -2.00. The van der Waals surface area contributed by atoms with E-state index < -0.39 is 0 Å². The van der Waals surface area contributed by atoms with Gasteiger partial charge in [0.25, 0.3) is 0 Å². The molecule has 0 N–H and O–H groups in total. The van der Waals surface area contributed by atoms with Crippen LogP contribution in [0.5, 0.6) is 0 Å². The fourth-order valence-electron chi connectivity index (χ4n) is 1.50. The molecule has 0 aliphatic carbocycles. The predicted octanol–water partition coefficient (Wildman–Crippen LogP) is 4.61. The second kappa shape index (κ2) is 10.2. The summed E-state index contributed by atoms with van der Waals surface area (Å²) in [6.45, 7) is 0. The van der Waals surface area contributed by atoms with E-state index in [1.54, 1.807) is 0 Å². The zero-order valence-corrected chi connectivity index (χ0v) is 10.2. The van der Waals surface area contributed by atoms with Crippen molar-refractivity contribution < 1.29 is 0 Å². The highest BCUT2D eigenvalue weighted by atomic mass is 79.9. The minimum atomic E-state index is 0. The number of alkyl halides is 1. The average molecular weight is 272 g/mol. The summed E-state index contributed by atoms with van der Waals surface area (Å²) < 4.78 is 0. The Hall–Kier alpha value is -0.370. The molecule has 15 heavy (non-hydrogen) atoms. The maximum absolute atomic E-state index is 4.11. The Labute approximate surface area is 102 Å². The molecule has 1 heterocycles. The first-order valence-electron chi connectivity index (χ1n) is 5.38. The van der Waals surface area contributed by atoms with Crippen molar-refractivity contribution in [3.05, 3.63) is 30.1 Å². The largest absolute Gasteiger partial charge is 0.264 e. The van der Waals surface area contributed by atoms with Crippen LogP contribution in [0.4, 0.5) is 0 Å². The van der Waals surface area contributed by atoms with Gasteiger partial charge < -0.3 is 0 Å².